The second-order valence-electron chi connectivity index (χ2n) is 5.93. The van der Waals surface area contributed by atoms with E-state index in [4.69, 9.17) is 0 Å². The van der Waals surface area contributed by atoms with Crippen LogP contribution in [0.5, 0.6) is 0 Å². The van der Waals surface area contributed by atoms with Gasteiger partial charge >= 0.3 is 0 Å². The zero-order chi connectivity index (χ0) is 13.0. The number of aromatic nitrogens is 2. The van der Waals surface area contributed by atoms with Gasteiger partial charge < -0.3 is 0 Å². The lowest BCUT2D eigenvalue weighted by molar-refractivity contribution is -0.120. The summed E-state index contributed by atoms with van der Waals surface area (Å²) < 4.78 is 1.56. The number of amides is 1. The summed E-state index contributed by atoms with van der Waals surface area (Å²) >= 11 is 1.99. The molecule has 0 aromatic carbocycles. The Kier molecular flexibility index (Phi) is 2.72. The highest BCUT2D eigenvalue weighted by atomic mass is 127. The fourth-order valence-electron chi connectivity index (χ4n) is 1.81. The fourth-order valence-corrected chi connectivity index (χ4v) is 2.77. The summed E-state index contributed by atoms with van der Waals surface area (Å²) in [6, 6.07) is 2.01. The van der Waals surface area contributed by atoms with Gasteiger partial charge in [-0.25, -0.2) is 3.11 Å². The Hall–Kier alpha value is -0.720. The molecule has 0 bridgehead atoms. The Morgan fingerprint density at radius 2 is 1.88 bits per heavy atom. The van der Waals surface area contributed by atoms with Crippen LogP contribution < -0.4 is 3.11 Å². The maximum atomic E-state index is 12.1. The van der Waals surface area contributed by atoms with Crippen LogP contribution in [0.3, 0.4) is 0 Å². The number of anilines is 1. The van der Waals surface area contributed by atoms with Crippen molar-refractivity contribution in [2.24, 2.45) is 0 Å². The smallest absolute Gasteiger partial charge is 0.247 e. The van der Waals surface area contributed by atoms with Crippen LogP contribution in [-0.4, -0.2) is 16.1 Å². The number of carbonyl (C=O) groups excluding carboxylic acids is 1. The summed E-state index contributed by atoms with van der Waals surface area (Å²) in [5.74, 6) is 0.738. The molecule has 92 valence electrons. The maximum Gasteiger partial charge on any atom is 0.247 e. The second kappa shape index (κ2) is 3.63. The van der Waals surface area contributed by atoms with Gasteiger partial charge in [0.2, 0.25) is 5.91 Å². The topological polar surface area (TPSA) is 46.1 Å². The quantitative estimate of drug-likeness (QED) is 0.537. The van der Waals surface area contributed by atoms with Crippen LogP contribution in [0.2, 0.25) is 0 Å². The minimum absolute atomic E-state index is 0.0557. The first kappa shape index (κ1) is 12.7. The molecule has 0 unspecified atom stereocenters. The third-order valence-corrected chi connectivity index (χ3v) is 4.01. The standard InChI is InChI=1S/C12H16IN3O/c1-11(2,3)8-6-7-9(15-14-8)16(13)10(17)12(7,4)5/h6H,1-5H3. The molecule has 0 saturated heterocycles. The van der Waals surface area contributed by atoms with Crippen LogP contribution in [0.1, 0.15) is 45.9 Å². The van der Waals surface area contributed by atoms with Crippen LogP contribution in [0.25, 0.3) is 0 Å². The summed E-state index contributed by atoms with van der Waals surface area (Å²) in [5, 5.41) is 8.42. The Bertz CT molecular complexity index is 491. The lowest BCUT2D eigenvalue weighted by Crippen LogP contribution is -2.30. The van der Waals surface area contributed by atoms with E-state index in [1.54, 1.807) is 3.11 Å². The number of hydrogen-bond donors (Lipinski definition) is 0. The molecule has 17 heavy (non-hydrogen) atoms. The highest BCUT2D eigenvalue weighted by Crippen LogP contribution is 2.42. The molecule has 0 saturated carbocycles. The van der Waals surface area contributed by atoms with Crippen molar-refractivity contribution in [2.75, 3.05) is 3.11 Å². The number of halogens is 1. The molecular formula is C12H16IN3O. The van der Waals surface area contributed by atoms with Crippen LogP contribution in [-0.2, 0) is 15.6 Å². The van der Waals surface area contributed by atoms with Gasteiger partial charge in [-0.15, -0.1) is 5.10 Å². The van der Waals surface area contributed by atoms with E-state index >= 15 is 0 Å². The van der Waals surface area contributed by atoms with Crippen molar-refractivity contribution < 1.29 is 4.79 Å². The molecule has 1 aromatic rings. The highest BCUT2D eigenvalue weighted by molar-refractivity contribution is 14.1. The predicted molar refractivity (Wildman–Crippen MR) is 75.3 cm³/mol. The normalized spacial score (nSPS) is 18.5. The van der Waals surface area contributed by atoms with Gasteiger partial charge in [0.25, 0.3) is 0 Å². The molecule has 0 spiro atoms. The number of carbonyl (C=O) groups is 1. The van der Waals surface area contributed by atoms with E-state index in [1.807, 2.05) is 42.8 Å². The summed E-state index contributed by atoms with van der Waals surface area (Å²) in [6.07, 6.45) is 0. The first-order chi connectivity index (χ1) is 7.65. The summed E-state index contributed by atoms with van der Waals surface area (Å²) in [4.78, 5) is 12.1. The SMILES string of the molecule is CC(C)(C)c1cc2c(nn1)N(I)C(=O)C2(C)C. The van der Waals surface area contributed by atoms with E-state index in [-0.39, 0.29) is 11.3 Å². The number of fused-ring (bicyclic) bond motifs is 1. The maximum absolute atomic E-state index is 12.1. The number of rotatable bonds is 0. The monoisotopic (exact) mass is 345 g/mol. The molecule has 0 atom stereocenters. The van der Waals surface area contributed by atoms with Crippen molar-refractivity contribution in [3.63, 3.8) is 0 Å². The highest BCUT2D eigenvalue weighted by Gasteiger charge is 2.45. The molecule has 1 aromatic heterocycles. The Morgan fingerprint density at radius 1 is 1.29 bits per heavy atom. The Morgan fingerprint density at radius 3 is 2.41 bits per heavy atom. The fraction of sp³-hybridized carbons (Fsp3) is 0.583. The third-order valence-electron chi connectivity index (χ3n) is 3.12. The van der Waals surface area contributed by atoms with Crippen LogP contribution in [0.15, 0.2) is 6.07 Å². The Labute approximate surface area is 115 Å². The number of nitrogens with zero attached hydrogens (tertiary/aromatic N) is 3. The molecule has 1 aliphatic rings. The Balaban J connectivity index is 2.63. The molecule has 2 heterocycles. The molecule has 0 N–H and O–H groups in total. The summed E-state index contributed by atoms with van der Waals surface area (Å²) in [7, 11) is 0. The van der Waals surface area contributed by atoms with Crippen molar-refractivity contribution in [2.45, 2.75) is 45.4 Å². The van der Waals surface area contributed by atoms with E-state index in [1.165, 1.54) is 0 Å². The van der Waals surface area contributed by atoms with Crippen LogP contribution >= 0.6 is 22.9 Å². The minimum Gasteiger partial charge on any atom is -0.273 e. The van der Waals surface area contributed by atoms with Crippen LogP contribution in [0, 0.1) is 0 Å². The average Bonchev–Trinajstić information content (AvgIpc) is 2.39. The van der Waals surface area contributed by atoms with Gasteiger partial charge in [-0.3, -0.25) is 4.79 Å². The molecule has 0 aliphatic carbocycles. The van der Waals surface area contributed by atoms with E-state index in [0.717, 1.165) is 11.3 Å². The van der Waals surface area contributed by atoms with E-state index in [0.29, 0.717) is 5.82 Å². The predicted octanol–water partition coefficient (Wildman–Crippen LogP) is 2.75. The van der Waals surface area contributed by atoms with E-state index in [2.05, 4.69) is 31.0 Å². The van der Waals surface area contributed by atoms with Crippen molar-refractivity contribution >= 4 is 34.6 Å². The van der Waals surface area contributed by atoms with Gasteiger partial charge in [-0.05, 0) is 19.9 Å². The van der Waals surface area contributed by atoms with Gasteiger partial charge in [0, 0.05) is 11.0 Å². The van der Waals surface area contributed by atoms with Crippen molar-refractivity contribution in [3.8, 4) is 0 Å². The largest absolute Gasteiger partial charge is 0.273 e. The van der Waals surface area contributed by atoms with Gasteiger partial charge in [0.1, 0.15) is 0 Å². The molecule has 0 radical (unpaired) electrons. The molecule has 2 rings (SSSR count). The van der Waals surface area contributed by atoms with Crippen molar-refractivity contribution in [3.05, 3.63) is 17.3 Å². The molecular weight excluding hydrogens is 329 g/mol. The number of hydrogen-bond acceptors (Lipinski definition) is 3. The van der Waals surface area contributed by atoms with E-state index in [9.17, 15) is 4.79 Å². The molecule has 4 nitrogen and oxygen atoms in total. The third kappa shape index (κ3) is 1.84. The van der Waals surface area contributed by atoms with Crippen molar-refractivity contribution in [1.29, 1.82) is 0 Å². The molecule has 1 amide bonds. The van der Waals surface area contributed by atoms with E-state index < -0.39 is 5.41 Å². The van der Waals surface area contributed by atoms with Crippen LogP contribution in [0.4, 0.5) is 5.82 Å². The zero-order valence-corrected chi connectivity index (χ0v) is 12.9. The average molecular weight is 345 g/mol. The summed E-state index contributed by atoms with van der Waals surface area (Å²) in [6.45, 7) is 10.1. The van der Waals surface area contributed by atoms with Gasteiger partial charge in [-0.2, -0.15) is 5.10 Å². The van der Waals surface area contributed by atoms with Gasteiger partial charge in [-0.1, -0.05) is 20.8 Å². The first-order valence-electron chi connectivity index (χ1n) is 5.54. The minimum atomic E-state index is -0.507. The van der Waals surface area contributed by atoms with Crippen molar-refractivity contribution in [1.82, 2.24) is 10.2 Å². The lowest BCUT2D eigenvalue weighted by atomic mass is 9.84. The lowest BCUT2D eigenvalue weighted by Gasteiger charge is -2.20. The van der Waals surface area contributed by atoms with Gasteiger partial charge in [0.05, 0.1) is 34.0 Å². The summed E-state index contributed by atoms with van der Waals surface area (Å²) in [5.41, 5.74) is 1.33. The molecule has 1 aliphatic heterocycles. The molecule has 0 fully saturated rings. The van der Waals surface area contributed by atoms with Gasteiger partial charge in [0.15, 0.2) is 5.82 Å². The second-order valence-corrected chi connectivity index (χ2v) is 6.89. The first-order valence-corrected chi connectivity index (χ1v) is 6.51. The zero-order valence-electron chi connectivity index (χ0n) is 10.7. The molecule has 5 heteroatoms.